The number of hydrogen-bond acceptors (Lipinski definition) is 2. The molecule has 10 aromatic rings. The van der Waals surface area contributed by atoms with E-state index >= 15 is 0 Å². The molecule has 2 heteroatoms. The maximum Gasteiger partial charge on any atom is 0.0991 e. The molecule has 0 aliphatic heterocycles. The van der Waals surface area contributed by atoms with Crippen molar-refractivity contribution in [3.63, 3.8) is 0 Å². The first-order valence-corrected chi connectivity index (χ1v) is 19.9. The van der Waals surface area contributed by atoms with E-state index < -0.39 is 0 Å². The molecule has 0 amide bonds. The van der Waals surface area contributed by atoms with Gasteiger partial charge in [0.15, 0.2) is 0 Å². The van der Waals surface area contributed by atoms with E-state index in [9.17, 15) is 10.5 Å². The van der Waals surface area contributed by atoms with Crippen molar-refractivity contribution in [1.29, 1.82) is 10.5 Å². The molecule has 10 aromatic carbocycles. The van der Waals surface area contributed by atoms with Crippen LogP contribution in [0, 0.1) is 50.4 Å². The highest BCUT2D eigenvalue weighted by Gasteiger charge is 2.27. The van der Waals surface area contributed by atoms with Crippen LogP contribution in [0.15, 0.2) is 133 Å². The number of benzene rings is 10. The van der Waals surface area contributed by atoms with Crippen LogP contribution in [0.1, 0.15) is 33.4 Å². The van der Waals surface area contributed by atoms with Gasteiger partial charge in [0.25, 0.3) is 0 Å². The zero-order valence-electron chi connectivity index (χ0n) is 32.6. The van der Waals surface area contributed by atoms with E-state index in [-0.39, 0.29) is 0 Å². The zero-order chi connectivity index (χ0) is 39.1. The molecule has 2 aliphatic rings. The SMILES string of the molecule is Cc1cc(C#N)cc(C)c1-c1ccc2c3c(cccc13)-c1cc3c(ccc4c5cc6c(cc5ccc34)-c3ccc(-c4c(C)cc(C#N)cc4C)c4cccc-6c34)cc1-2. The molecule has 0 bridgehead atoms. The Morgan fingerprint density at radius 3 is 1.07 bits per heavy atom. The highest BCUT2D eigenvalue weighted by Crippen LogP contribution is 2.54. The lowest BCUT2D eigenvalue weighted by Gasteiger charge is -2.15. The highest BCUT2D eigenvalue weighted by atomic mass is 14.3. The average Bonchev–Trinajstić information content (AvgIpc) is 3.72. The van der Waals surface area contributed by atoms with Crippen molar-refractivity contribution in [3.05, 3.63) is 167 Å². The van der Waals surface area contributed by atoms with Crippen molar-refractivity contribution in [2.75, 3.05) is 0 Å². The first kappa shape index (κ1) is 32.7. The lowest BCUT2D eigenvalue weighted by atomic mass is 9.89. The van der Waals surface area contributed by atoms with E-state index in [1.165, 1.54) is 121 Å². The van der Waals surface area contributed by atoms with E-state index in [1.54, 1.807) is 0 Å². The van der Waals surface area contributed by atoms with Crippen LogP contribution in [0.4, 0.5) is 0 Å². The van der Waals surface area contributed by atoms with Gasteiger partial charge in [-0.2, -0.15) is 10.5 Å². The number of nitriles is 2. The van der Waals surface area contributed by atoms with E-state index in [4.69, 9.17) is 0 Å². The molecule has 58 heavy (non-hydrogen) atoms. The largest absolute Gasteiger partial charge is 0.192 e. The van der Waals surface area contributed by atoms with Gasteiger partial charge in [0, 0.05) is 0 Å². The number of aryl methyl sites for hydroxylation is 4. The van der Waals surface area contributed by atoms with Gasteiger partial charge in [0.05, 0.1) is 23.3 Å². The molecule has 0 N–H and O–H groups in total. The molecule has 0 atom stereocenters. The summed E-state index contributed by atoms with van der Waals surface area (Å²) < 4.78 is 0. The predicted octanol–water partition coefficient (Wildman–Crippen LogP) is 15.1. The Morgan fingerprint density at radius 1 is 0.310 bits per heavy atom. The molecule has 12 rings (SSSR count). The van der Waals surface area contributed by atoms with Crippen molar-refractivity contribution in [2.24, 2.45) is 0 Å². The van der Waals surface area contributed by atoms with Crippen LogP contribution in [0.2, 0.25) is 0 Å². The number of nitrogens with zero attached hydrogens (tertiary/aromatic N) is 2. The lowest BCUT2D eigenvalue weighted by Crippen LogP contribution is -1.92. The Labute approximate surface area is 336 Å². The van der Waals surface area contributed by atoms with Crippen molar-refractivity contribution in [1.82, 2.24) is 0 Å². The predicted molar refractivity (Wildman–Crippen MR) is 242 cm³/mol. The fourth-order valence-electron chi connectivity index (χ4n) is 10.9. The smallest absolute Gasteiger partial charge is 0.0991 e. The van der Waals surface area contributed by atoms with E-state index in [0.29, 0.717) is 11.1 Å². The maximum absolute atomic E-state index is 9.61. The van der Waals surface area contributed by atoms with E-state index in [0.717, 1.165) is 22.3 Å². The van der Waals surface area contributed by atoms with Crippen LogP contribution in [0.5, 0.6) is 0 Å². The van der Waals surface area contributed by atoms with Gasteiger partial charge in [-0.1, -0.05) is 84.9 Å². The first-order chi connectivity index (χ1) is 28.3. The van der Waals surface area contributed by atoms with Gasteiger partial charge < -0.3 is 0 Å². The van der Waals surface area contributed by atoms with Gasteiger partial charge in [0.2, 0.25) is 0 Å². The van der Waals surface area contributed by atoms with Crippen LogP contribution in [-0.4, -0.2) is 0 Å². The van der Waals surface area contributed by atoms with E-state index in [1.807, 2.05) is 24.3 Å². The summed E-state index contributed by atoms with van der Waals surface area (Å²) >= 11 is 0. The second-order valence-corrected chi connectivity index (χ2v) is 16.4. The van der Waals surface area contributed by atoms with Crippen LogP contribution in [-0.2, 0) is 0 Å². The Bertz CT molecular complexity index is 3390. The average molecular weight is 735 g/mol. The number of hydrogen-bond donors (Lipinski definition) is 0. The molecule has 0 saturated carbocycles. The van der Waals surface area contributed by atoms with Gasteiger partial charge in [-0.15, -0.1) is 0 Å². The second-order valence-electron chi connectivity index (χ2n) is 16.4. The molecule has 0 fully saturated rings. The minimum Gasteiger partial charge on any atom is -0.192 e. The van der Waals surface area contributed by atoms with Gasteiger partial charge in [0.1, 0.15) is 0 Å². The van der Waals surface area contributed by atoms with Crippen LogP contribution in [0.3, 0.4) is 0 Å². The summed E-state index contributed by atoms with van der Waals surface area (Å²) in [6.45, 7) is 8.47. The van der Waals surface area contributed by atoms with Crippen LogP contribution >= 0.6 is 0 Å². The summed E-state index contributed by atoms with van der Waals surface area (Å²) in [6, 6.07) is 54.3. The van der Waals surface area contributed by atoms with Gasteiger partial charge in [-0.05, 0) is 219 Å². The summed E-state index contributed by atoms with van der Waals surface area (Å²) in [5.74, 6) is 0. The first-order valence-electron chi connectivity index (χ1n) is 19.9. The maximum atomic E-state index is 9.61. The molecular formula is C56H34N2. The van der Waals surface area contributed by atoms with Crippen molar-refractivity contribution in [3.8, 4) is 78.9 Å². The quantitative estimate of drug-likeness (QED) is 0.166. The Balaban J connectivity index is 1.03. The molecule has 2 aliphatic carbocycles. The number of rotatable bonds is 2. The fourth-order valence-corrected chi connectivity index (χ4v) is 10.9. The minimum atomic E-state index is 0.704. The summed E-state index contributed by atoms with van der Waals surface area (Å²) in [7, 11) is 0. The minimum absolute atomic E-state index is 0.704. The fraction of sp³-hybridized carbons (Fsp3) is 0.0714. The summed E-state index contributed by atoms with van der Waals surface area (Å²) in [5, 5.41) is 31.9. The molecule has 268 valence electrons. The van der Waals surface area contributed by atoms with Gasteiger partial charge in [-0.3, -0.25) is 0 Å². The topological polar surface area (TPSA) is 47.6 Å². The second kappa shape index (κ2) is 11.5. The lowest BCUT2D eigenvalue weighted by molar-refractivity contribution is 1.35. The molecule has 0 aromatic heterocycles. The zero-order valence-corrected chi connectivity index (χ0v) is 32.6. The Kier molecular flexibility index (Phi) is 6.49. The molecule has 0 unspecified atom stereocenters. The summed E-state index contributed by atoms with van der Waals surface area (Å²) in [4.78, 5) is 0. The molecule has 2 nitrogen and oxygen atoms in total. The monoisotopic (exact) mass is 734 g/mol. The third-order valence-electron chi connectivity index (χ3n) is 13.2. The molecule has 0 spiro atoms. The summed E-state index contributed by atoms with van der Waals surface area (Å²) in [5.41, 5.74) is 21.0. The number of fused-ring (bicyclic) bond motifs is 11. The summed E-state index contributed by atoms with van der Waals surface area (Å²) in [6.07, 6.45) is 0. The molecule has 0 heterocycles. The standard InChI is InChI=1S/C56H34N2/c1-29-19-33(27-57)20-30(2)53(29)43-15-17-45-49-23-35-11-13-38-37(47(35)25-51(49)41-9-5-7-39(43)55(41)45)14-12-36-24-50-46-18-16-44(54-31(3)21-34(28-58)22-32(54)4)40-8-6-10-42(56(40)46)52(50)26-48(36)38/h5-26H,1-4H3. The van der Waals surface area contributed by atoms with Gasteiger partial charge >= 0.3 is 0 Å². The molecule has 0 radical (unpaired) electrons. The van der Waals surface area contributed by atoms with Crippen molar-refractivity contribution in [2.45, 2.75) is 27.7 Å². The van der Waals surface area contributed by atoms with Crippen LogP contribution in [0.25, 0.3) is 121 Å². The normalized spacial score (nSPS) is 12.1. The Hall–Kier alpha value is -7.52. The van der Waals surface area contributed by atoms with Crippen molar-refractivity contribution >= 4 is 53.9 Å². The molecule has 0 saturated heterocycles. The van der Waals surface area contributed by atoms with Gasteiger partial charge in [-0.25, -0.2) is 0 Å². The molecular weight excluding hydrogens is 701 g/mol. The van der Waals surface area contributed by atoms with Crippen molar-refractivity contribution < 1.29 is 0 Å². The highest BCUT2D eigenvalue weighted by molar-refractivity contribution is 6.26. The van der Waals surface area contributed by atoms with Crippen LogP contribution < -0.4 is 0 Å². The third kappa shape index (κ3) is 4.24. The Morgan fingerprint density at radius 2 is 0.672 bits per heavy atom. The van der Waals surface area contributed by atoms with E-state index in [2.05, 4.69) is 149 Å². The third-order valence-corrected chi connectivity index (χ3v) is 13.2.